The van der Waals surface area contributed by atoms with E-state index in [0.717, 1.165) is 29.8 Å². The lowest BCUT2D eigenvalue weighted by Crippen LogP contribution is -2.36. The van der Waals surface area contributed by atoms with Crippen molar-refractivity contribution in [1.82, 2.24) is 5.32 Å². The molecule has 1 aliphatic rings. The minimum Gasteiger partial charge on any atom is -0.497 e. The predicted octanol–water partition coefficient (Wildman–Crippen LogP) is 2.47. The van der Waals surface area contributed by atoms with E-state index in [1.165, 1.54) is 0 Å². The molecule has 0 spiro atoms. The SMILES string of the molecule is COc1ccc(CNC(=O)C(=O)Nc2cccc(N3CCCCC3=O)c2)cc1. The quantitative estimate of drug-likeness (QED) is 0.779. The highest BCUT2D eigenvalue weighted by Gasteiger charge is 2.20. The van der Waals surface area contributed by atoms with Crippen molar-refractivity contribution in [2.45, 2.75) is 25.8 Å². The van der Waals surface area contributed by atoms with E-state index in [0.29, 0.717) is 18.7 Å². The number of carbonyl (C=O) groups is 3. The topological polar surface area (TPSA) is 87.7 Å². The van der Waals surface area contributed by atoms with Gasteiger partial charge in [0.05, 0.1) is 7.11 Å². The van der Waals surface area contributed by atoms with Gasteiger partial charge in [0.15, 0.2) is 0 Å². The zero-order valence-electron chi connectivity index (χ0n) is 15.7. The van der Waals surface area contributed by atoms with Crippen molar-refractivity contribution < 1.29 is 19.1 Å². The number of piperidine rings is 1. The van der Waals surface area contributed by atoms with Gasteiger partial charge in [-0.1, -0.05) is 18.2 Å². The average molecular weight is 381 g/mol. The Morgan fingerprint density at radius 3 is 2.57 bits per heavy atom. The first-order valence-electron chi connectivity index (χ1n) is 9.19. The Morgan fingerprint density at radius 2 is 1.86 bits per heavy atom. The molecule has 1 saturated heterocycles. The molecule has 1 heterocycles. The molecule has 2 N–H and O–H groups in total. The number of benzene rings is 2. The van der Waals surface area contributed by atoms with Crippen LogP contribution < -0.4 is 20.3 Å². The first kappa shape index (κ1) is 19.4. The van der Waals surface area contributed by atoms with Crippen molar-refractivity contribution in [3.8, 4) is 5.75 Å². The Hall–Kier alpha value is -3.35. The number of anilines is 2. The van der Waals surface area contributed by atoms with Crippen LogP contribution in [0.4, 0.5) is 11.4 Å². The normalized spacial score (nSPS) is 13.8. The third-order valence-corrected chi connectivity index (χ3v) is 4.56. The molecule has 146 valence electrons. The summed E-state index contributed by atoms with van der Waals surface area (Å²) < 4.78 is 5.08. The molecule has 28 heavy (non-hydrogen) atoms. The lowest BCUT2D eigenvalue weighted by atomic mass is 10.1. The molecule has 3 rings (SSSR count). The van der Waals surface area contributed by atoms with E-state index in [-0.39, 0.29) is 12.5 Å². The highest BCUT2D eigenvalue weighted by Crippen LogP contribution is 2.23. The number of nitrogens with one attached hydrogen (secondary N) is 2. The smallest absolute Gasteiger partial charge is 0.313 e. The van der Waals surface area contributed by atoms with Gasteiger partial charge in [-0.3, -0.25) is 14.4 Å². The molecule has 7 heteroatoms. The molecule has 0 aliphatic carbocycles. The fraction of sp³-hybridized carbons (Fsp3) is 0.286. The molecule has 2 aromatic rings. The van der Waals surface area contributed by atoms with Gasteiger partial charge in [0.25, 0.3) is 0 Å². The van der Waals surface area contributed by atoms with Gasteiger partial charge >= 0.3 is 11.8 Å². The first-order chi connectivity index (χ1) is 13.6. The van der Waals surface area contributed by atoms with Crippen LogP contribution in [-0.4, -0.2) is 31.4 Å². The molecule has 0 bridgehead atoms. The molecule has 0 aromatic heterocycles. The van der Waals surface area contributed by atoms with Crippen LogP contribution in [0.5, 0.6) is 5.75 Å². The number of hydrogen-bond acceptors (Lipinski definition) is 4. The molecule has 3 amide bonds. The Bertz CT molecular complexity index is 864. The molecule has 0 saturated carbocycles. The third kappa shape index (κ3) is 4.88. The van der Waals surface area contributed by atoms with Crippen LogP contribution in [0.3, 0.4) is 0 Å². The highest BCUT2D eigenvalue weighted by atomic mass is 16.5. The second-order valence-electron chi connectivity index (χ2n) is 6.54. The Morgan fingerprint density at radius 1 is 1.07 bits per heavy atom. The molecular weight excluding hydrogens is 358 g/mol. The van der Waals surface area contributed by atoms with Gasteiger partial charge in [-0.05, 0) is 48.7 Å². The summed E-state index contributed by atoms with van der Waals surface area (Å²) in [4.78, 5) is 38.0. The maximum absolute atomic E-state index is 12.2. The highest BCUT2D eigenvalue weighted by molar-refractivity contribution is 6.39. The summed E-state index contributed by atoms with van der Waals surface area (Å²) in [6, 6.07) is 14.2. The van der Waals surface area contributed by atoms with Crippen LogP contribution >= 0.6 is 0 Å². The fourth-order valence-corrected chi connectivity index (χ4v) is 3.02. The summed E-state index contributed by atoms with van der Waals surface area (Å²) in [5.41, 5.74) is 2.05. The van der Waals surface area contributed by atoms with Crippen molar-refractivity contribution in [2.75, 3.05) is 23.9 Å². The molecular formula is C21H23N3O4. The van der Waals surface area contributed by atoms with Crippen LogP contribution in [0.2, 0.25) is 0 Å². The maximum atomic E-state index is 12.2. The maximum Gasteiger partial charge on any atom is 0.313 e. The summed E-state index contributed by atoms with van der Waals surface area (Å²) in [7, 11) is 1.58. The van der Waals surface area contributed by atoms with Crippen molar-refractivity contribution in [1.29, 1.82) is 0 Å². The number of carbonyl (C=O) groups excluding carboxylic acids is 3. The largest absolute Gasteiger partial charge is 0.497 e. The Labute approximate surface area is 163 Å². The van der Waals surface area contributed by atoms with E-state index >= 15 is 0 Å². The first-order valence-corrected chi connectivity index (χ1v) is 9.19. The van der Waals surface area contributed by atoms with E-state index in [4.69, 9.17) is 4.74 Å². The van der Waals surface area contributed by atoms with E-state index in [1.807, 2.05) is 18.2 Å². The molecule has 1 aliphatic heterocycles. The minimum atomic E-state index is -0.754. The van der Waals surface area contributed by atoms with Gasteiger partial charge in [-0.25, -0.2) is 0 Å². The van der Waals surface area contributed by atoms with Gasteiger partial charge in [0.2, 0.25) is 5.91 Å². The second-order valence-corrected chi connectivity index (χ2v) is 6.54. The van der Waals surface area contributed by atoms with Crippen LogP contribution in [0, 0.1) is 0 Å². The van der Waals surface area contributed by atoms with Crippen molar-refractivity contribution in [2.24, 2.45) is 0 Å². The van der Waals surface area contributed by atoms with Crippen molar-refractivity contribution >= 4 is 29.1 Å². The standard InChI is InChI=1S/C21H23N3O4/c1-28-18-10-8-15(9-11-18)14-22-20(26)21(27)23-16-5-4-6-17(13-16)24-12-3-2-7-19(24)25/h4-6,8-11,13H,2-3,7,12,14H2,1H3,(H,22,26)(H,23,27). The van der Waals surface area contributed by atoms with Crippen LogP contribution in [-0.2, 0) is 20.9 Å². The van der Waals surface area contributed by atoms with E-state index in [1.54, 1.807) is 42.3 Å². The zero-order valence-corrected chi connectivity index (χ0v) is 15.7. The van der Waals surface area contributed by atoms with Crippen LogP contribution in [0.1, 0.15) is 24.8 Å². The number of methoxy groups -OCH3 is 1. The fourth-order valence-electron chi connectivity index (χ4n) is 3.02. The predicted molar refractivity (Wildman–Crippen MR) is 106 cm³/mol. The van der Waals surface area contributed by atoms with E-state index in [9.17, 15) is 14.4 Å². The molecule has 1 fully saturated rings. The molecule has 2 aromatic carbocycles. The minimum absolute atomic E-state index is 0.0759. The van der Waals surface area contributed by atoms with Crippen LogP contribution in [0.25, 0.3) is 0 Å². The Balaban J connectivity index is 1.56. The number of hydrogen-bond donors (Lipinski definition) is 2. The van der Waals surface area contributed by atoms with Crippen molar-refractivity contribution in [3.63, 3.8) is 0 Å². The molecule has 0 unspecified atom stereocenters. The van der Waals surface area contributed by atoms with E-state index in [2.05, 4.69) is 10.6 Å². The summed E-state index contributed by atoms with van der Waals surface area (Å²) >= 11 is 0. The number of nitrogens with zero attached hydrogens (tertiary/aromatic N) is 1. The molecule has 0 atom stereocenters. The van der Waals surface area contributed by atoms with Crippen LogP contribution in [0.15, 0.2) is 48.5 Å². The van der Waals surface area contributed by atoms with Crippen molar-refractivity contribution in [3.05, 3.63) is 54.1 Å². The van der Waals surface area contributed by atoms with Gasteiger partial charge in [-0.2, -0.15) is 0 Å². The molecule has 0 radical (unpaired) electrons. The monoisotopic (exact) mass is 381 g/mol. The number of ether oxygens (including phenoxy) is 1. The van der Waals surface area contributed by atoms with Gasteiger partial charge < -0.3 is 20.3 Å². The average Bonchev–Trinajstić information content (AvgIpc) is 2.73. The number of rotatable bonds is 5. The van der Waals surface area contributed by atoms with E-state index < -0.39 is 11.8 Å². The second kappa shape index (κ2) is 9.03. The summed E-state index contributed by atoms with van der Waals surface area (Å²) in [5.74, 6) is -0.683. The summed E-state index contributed by atoms with van der Waals surface area (Å²) in [5, 5.41) is 5.17. The van der Waals surface area contributed by atoms with Gasteiger partial charge in [-0.15, -0.1) is 0 Å². The third-order valence-electron chi connectivity index (χ3n) is 4.56. The summed E-state index contributed by atoms with van der Waals surface area (Å²) in [6.45, 7) is 0.900. The Kier molecular flexibility index (Phi) is 6.26. The zero-order chi connectivity index (χ0) is 19.9. The van der Waals surface area contributed by atoms with Gasteiger partial charge in [0.1, 0.15) is 5.75 Å². The lowest BCUT2D eigenvalue weighted by Gasteiger charge is -2.27. The number of amides is 3. The molecule has 7 nitrogen and oxygen atoms in total. The van der Waals surface area contributed by atoms with Gasteiger partial charge in [0, 0.05) is 30.9 Å². The lowest BCUT2D eigenvalue weighted by molar-refractivity contribution is -0.136. The summed E-state index contributed by atoms with van der Waals surface area (Å²) in [6.07, 6.45) is 2.39.